The number of aliphatic carboxylic acids is 2. The topological polar surface area (TPSA) is 142 Å². The molecule has 10 heteroatoms. The number of ether oxygens (including phenoxy) is 2. The van der Waals surface area contributed by atoms with Crippen molar-refractivity contribution in [3.05, 3.63) is 59.7 Å². The second kappa shape index (κ2) is 9.82. The lowest BCUT2D eigenvalue weighted by Gasteiger charge is -2.27. The van der Waals surface area contributed by atoms with Gasteiger partial charge in [-0.1, -0.05) is 48.5 Å². The van der Waals surface area contributed by atoms with E-state index in [1.807, 2.05) is 54.0 Å². The molecule has 1 aliphatic carbocycles. The van der Waals surface area contributed by atoms with E-state index >= 15 is 0 Å². The van der Waals surface area contributed by atoms with E-state index in [-0.39, 0.29) is 19.1 Å². The summed E-state index contributed by atoms with van der Waals surface area (Å²) in [5.74, 6) is -3.35. The molecule has 3 rings (SSSR count). The summed E-state index contributed by atoms with van der Waals surface area (Å²) < 4.78 is 10.0. The monoisotopic (exact) mass is 442 g/mol. The van der Waals surface area contributed by atoms with Crippen molar-refractivity contribution in [1.82, 2.24) is 10.4 Å². The Balaban J connectivity index is 1.75. The number of hydrogen-bond donors (Lipinski definition) is 3. The first-order valence-corrected chi connectivity index (χ1v) is 9.85. The van der Waals surface area contributed by atoms with Gasteiger partial charge in [0.05, 0.1) is 13.0 Å². The van der Waals surface area contributed by atoms with Gasteiger partial charge in [0.1, 0.15) is 6.61 Å². The van der Waals surface area contributed by atoms with E-state index in [1.54, 1.807) is 0 Å². The molecule has 0 radical (unpaired) electrons. The fourth-order valence-corrected chi connectivity index (χ4v) is 3.63. The van der Waals surface area contributed by atoms with Crippen LogP contribution in [0.15, 0.2) is 48.5 Å². The first kappa shape index (κ1) is 22.6. The van der Waals surface area contributed by atoms with Crippen LogP contribution in [0.4, 0.5) is 9.59 Å². The molecule has 0 aromatic heterocycles. The van der Waals surface area contributed by atoms with E-state index in [0.717, 1.165) is 22.3 Å². The molecule has 2 aromatic rings. The zero-order chi connectivity index (χ0) is 23.3. The predicted octanol–water partition coefficient (Wildman–Crippen LogP) is 2.83. The van der Waals surface area contributed by atoms with Gasteiger partial charge in [-0.3, -0.25) is 4.79 Å². The van der Waals surface area contributed by atoms with E-state index in [1.165, 1.54) is 6.92 Å². The Labute approximate surface area is 183 Å². The number of nitrogens with zero attached hydrogens (tertiary/aromatic N) is 1. The second-order valence-corrected chi connectivity index (χ2v) is 6.96. The minimum Gasteiger partial charge on any atom is -0.481 e. The molecule has 0 aliphatic heterocycles. The van der Waals surface area contributed by atoms with Crippen LogP contribution in [0.2, 0.25) is 0 Å². The number of rotatable bonds is 7. The summed E-state index contributed by atoms with van der Waals surface area (Å²) in [4.78, 5) is 47.1. The fraction of sp³-hybridized carbons (Fsp3) is 0.273. The highest BCUT2D eigenvalue weighted by Gasteiger charge is 2.35. The predicted molar refractivity (Wildman–Crippen MR) is 111 cm³/mol. The molecular formula is C22H22N2O8. The highest BCUT2D eigenvalue weighted by molar-refractivity contribution is 5.86. The van der Waals surface area contributed by atoms with Crippen LogP contribution in [-0.4, -0.2) is 58.6 Å². The van der Waals surface area contributed by atoms with Crippen molar-refractivity contribution in [1.29, 1.82) is 0 Å². The number of carboxylic acid groups (broad SMARTS) is 2. The van der Waals surface area contributed by atoms with Crippen molar-refractivity contribution in [2.75, 3.05) is 13.2 Å². The Bertz CT molecular complexity index is 993. The molecule has 168 valence electrons. The molecule has 0 heterocycles. The third-order valence-corrected chi connectivity index (χ3v) is 4.98. The van der Waals surface area contributed by atoms with Crippen molar-refractivity contribution < 1.29 is 38.9 Å². The van der Waals surface area contributed by atoms with Crippen LogP contribution in [0, 0.1) is 0 Å². The smallest absolute Gasteiger partial charge is 0.429 e. The van der Waals surface area contributed by atoms with Crippen LogP contribution in [-0.2, 0) is 19.1 Å². The molecule has 10 nitrogen and oxygen atoms in total. The summed E-state index contributed by atoms with van der Waals surface area (Å²) in [6, 6.07) is 13.5. The van der Waals surface area contributed by atoms with Gasteiger partial charge in [-0.05, 0) is 29.2 Å². The summed E-state index contributed by atoms with van der Waals surface area (Å²) in [6.07, 6.45) is -3.27. The lowest BCUT2D eigenvalue weighted by Crippen LogP contribution is -2.55. The number of carboxylic acids is 2. The molecule has 1 aliphatic rings. The minimum atomic E-state index is -1.88. The van der Waals surface area contributed by atoms with Crippen LogP contribution in [0.5, 0.6) is 0 Å². The van der Waals surface area contributed by atoms with Gasteiger partial charge in [0.25, 0.3) is 0 Å². The van der Waals surface area contributed by atoms with Crippen LogP contribution in [0.3, 0.4) is 0 Å². The summed E-state index contributed by atoms with van der Waals surface area (Å²) in [6.45, 7) is 1.30. The van der Waals surface area contributed by atoms with Gasteiger partial charge in [-0.2, -0.15) is 0 Å². The molecule has 0 saturated heterocycles. The van der Waals surface area contributed by atoms with Gasteiger partial charge < -0.3 is 19.7 Å². The van der Waals surface area contributed by atoms with Gasteiger partial charge in [-0.25, -0.2) is 24.8 Å². The van der Waals surface area contributed by atoms with Gasteiger partial charge in [0.15, 0.2) is 6.04 Å². The number of carbonyl (C=O) groups excluding carboxylic acids is 2. The third kappa shape index (κ3) is 4.80. The number of amides is 2. The van der Waals surface area contributed by atoms with Crippen molar-refractivity contribution in [2.24, 2.45) is 0 Å². The Morgan fingerprint density at radius 3 is 2.03 bits per heavy atom. The molecule has 2 aromatic carbocycles. The third-order valence-electron chi connectivity index (χ3n) is 4.98. The molecular weight excluding hydrogens is 420 g/mol. The Morgan fingerprint density at radius 2 is 1.53 bits per heavy atom. The number of hydrogen-bond acceptors (Lipinski definition) is 6. The SMILES string of the molecule is CCOC(=O)N(NC(=O)OCC1c2ccccc2-c2ccccc21)[C@@H](CC(=O)O)C(=O)O. The fourth-order valence-electron chi connectivity index (χ4n) is 3.63. The highest BCUT2D eigenvalue weighted by atomic mass is 16.6. The quantitative estimate of drug-likeness (QED) is 0.556. The number of nitrogens with one attached hydrogen (secondary N) is 1. The molecule has 0 saturated carbocycles. The van der Waals surface area contributed by atoms with E-state index in [0.29, 0.717) is 5.01 Å². The Hall–Kier alpha value is -4.08. The van der Waals surface area contributed by atoms with Gasteiger partial charge in [0.2, 0.25) is 0 Å². The maximum absolute atomic E-state index is 12.4. The second-order valence-electron chi connectivity index (χ2n) is 6.96. The largest absolute Gasteiger partial charge is 0.481 e. The van der Waals surface area contributed by atoms with Crippen LogP contribution in [0.25, 0.3) is 11.1 Å². The van der Waals surface area contributed by atoms with Crippen LogP contribution in [0.1, 0.15) is 30.4 Å². The highest BCUT2D eigenvalue weighted by Crippen LogP contribution is 2.44. The number of benzene rings is 2. The van der Waals surface area contributed by atoms with Gasteiger partial charge in [0, 0.05) is 5.92 Å². The number of hydrazine groups is 1. The molecule has 32 heavy (non-hydrogen) atoms. The lowest BCUT2D eigenvalue weighted by atomic mass is 9.98. The van der Waals surface area contributed by atoms with E-state index in [4.69, 9.17) is 14.6 Å². The Kier molecular flexibility index (Phi) is 6.93. The summed E-state index contributed by atoms with van der Waals surface area (Å²) in [7, 11) is 0. The normalized spacial score (nSPS) is 12.8. The molecule has 3 N–H and O–H groups in total. The number of fused-ring (bicyclic) bond motifs is 3. The molecule has 0 fully saturated rings. The van der Waals surface area contributed by atoms with Crippen molar-refractivity contribution in [3.63, 3.8) is 0 Å². The maximum atomic E-state index is 12.4. The molecule has 2 amide bonds. The van der Waals surface area contributed by atoms with E-state index in [2.05, 4.69) is 0 Å². The van der Waals surface area contributed by atoms with E-state index in [9.17, 15) is 24.3 Å². The summed E-state index contributed by atoms with van der Waals surface area (Å²) in [5.41, 5.74) is 6.01. The van der Waals surface area contributed by atoms with Crippen LogP contribution >= 0.6 is 0 Å². The van der Waals surface area contributed by atoms with Crippen LogP contribution < -0.4 is 5.43 Å². The molecule has 1 atom stereocenters. The molecule has 0 bridgehead atoms. The van der Waals surface area contributed by atoms with Gasteiger partial charge >= 0.3 is 24.1 Å². The standard InChI is InChI=1S/C22H22N2O8/c1-2-31-22(30)24(18(20(27)28)11-19(25)26)23-21(29)32-12-17-15-9-5-3-7-13(15)14-8-4-6-10-16(14)17/h3-10,17-18H,2,11-12H2,1H3,(H,23,29)(H,25,26)(H,27,28)/t18-/m0/s1. The first-order valence-electron chi connectivity index (χ1n) is 9.85. The average Bonchev–Trinajstić information content (AvgIpc) is 3.08. The Morgan fingerprint density at radius 1 is 0.969 bits per heavy atom. The van der Waals surface area contributed by atoms with Crippen molar-refractivity contribution in [2.45, 2.75) is 25.3 Å². The minimum absolute atomic E-state index is 0.0762. The molecule has 0 unspecified atom stereocenters. The molecule has 0 spiro atoms. The van der Waals surface area contributed by atoms with Crippen molar-refractivity contribution >= 4 is 24.1 Å². The first-order chi connectivity index (χ1) is 15.3. The van der Waals surface area contributed by atoms with Gasteiger partial charge in [-0.15, -0.1) is 0 Å². The van der Waals surface area contributed by atoms with Crippen molar-refractivity contribution in [3.8, 4) is 11.1 Å². The van der Waals surface area contributed by atoms with E-state index < -0.39 is 36.6 Å². The summed E-state index contributed by atoms with van der Waals surface area (Å²) >= 11 is 0. The zero-order valence-electron chi connectivity index (χ0n) is 17.2. The lowest BCUT2D eigenvalue weighted by molar-refractivity contribution is -0.150. The number of carbonyl (C=O) groups is 4. The maximum Gasteiger partial charge on any atom is 0.429 e. The zero-order valence-corrected chi connectivity index (χ0v) is 17.2. The average molecular weight is 442 g/mol. The summed E-state index contributed by atoms with van der Waals surface area (Å²) in [5, 5.41) is 18.6.